The van der Waals surface area contributed by atoms with Crippen molar-refractivity contribution in [1.29, 1.82) is 0 Å². The molecule has 1 aromatic heterocycles. The first-order valence-electron chi connectivity index (χ1n) is 6.72. The van der Waals surface area contributed by atoms with Crippen LogP contribution in [-0.2, 0) is 13.5 Å². The molecule has 0 saturated carbocycles. The maximum absolute atomic E-state index is 6.06. The number of hydrogen-bond donors (Lipinski definition) is 1. The molecule has 2 aromatic rings. The molecule has 0 aliphatic rings. The van der Waals surface area contributed by atoms with E-state index in [0.717, 1.165) is 30.0 Å². The number of rotatable bonds is 5. The molecule has 108 valence electrons. The van der Waals surface area contributed by atoms with Gasteiger partial charge in [0.1, 0.15) is 5.75 Å². The Kier molecular flexibility index (Phi) is 4.68. The predicted octanol–water partition coefficient (Wildman–Crippen LogP) is 3.45. The topological polar surface area (TPSA) is 53.1 Å². The fraction of sp³-hybridized carbons (Fsp3) is 0.400. The Hall–Kier alpha value is -1.52. The van der Waals surface area contributed by atoms with Crippen LogP contribution in [0, 0.1) is 6.92 Å². The van der Waals surface area contributed by atoms with Crippen LogP contribution in [0.5, 0.6) is 11.6 Å². The van der Waals surface area contributed by atoms with E-state index in [4.69, 9.17) is 22.1 Å². The van der Waals surface area contributed by atoms with Gasteiger partial charge < -0.3 is 10.5 Å². The van der Waals surface area contributed by atoms with E-state index in [2.05, 4.69) is 12.0 Å². The fourth-order valence-electron chi connectivity index (χ4n) is 2.09. The molecular weight excluding hydrogens is 274 g/mol. The number of nitrogens with two attached hydrogens (primary N) is 1. The van der Waals surface area contributed by atoms with Crippen molar-refractivity contribution in [3.05, 3.63) is 40.5 Å². The Balaban J connectivity index is 2.31. The Bertz CT molecular complexity index is 595. The molecule has 1 atom stereocenters. The maximum Gasteiger partial charge on any atom is 0.221 e. The van der Waals surface area contributed by atoms with Crippen LogP contribution in [0.3, 0.4) is 0 Å². The highest BCUT2D eigenvalue weighted by molar-refractivity contribution is 6.30. The lowest BCUT2D eigenvalue weighted by Gasteiger charge is -2.12. The molecule has 1 aromatic carbocycles. The number of hydrogen-bond acceptors (Lipinski definition) is 3. The average Bonchev–Trinajstić information content (AvgIpc) is 2.65. The summed E-state index contributed by atoms with van der Waals surface area (Å²) in [5.41, 5.74) is 8.07. The van der Waals surface area contributed by atoms with E-state index < -0.39 is 0 Å². The largest absolute Gasteiger partial charge is 0.439 e. The number of aryl methyl sites for hydroxylation is 2. The Labute approximate surface area is 124 Å². The highest BCUT2D eigenvalue weighted by atomic mass is 35.5. The number of ether oxygens (including phenoxy) is 1. The molecule has 0 radical (unpaired) electrons. The summed E-state index contributed by atoms with van der Waals surface area (Å²) < 4.78 is 7.69. The third-order valence-electron chi connectivity index (χ3n) is 3.29. The van der Waals surface area contributed by atoms with E-state index in [1.54, 1.807) is 10.7 Å². The first-order chi connectivity index (χ1) is 9.51. The zero-order valence-corrected chi connectivity index (χ0v) is 12.8. The van der Waals surface area contributed by atoms with Crippen molar-refractivity contribution in [1.82, 2.24) is 9.78 Å². The second-order valence-corrected chi connectivity index (χ2v) is 5.36. The van der Waals surface area contributed by atoms with Gasteiger partial charge in [-0.05, 0) is 38.0 Å². The van der Waals surface area contributed by atoms with Gasteiger partial charge in [-0.25, -0.2) is 4.68 Å². The molecule has 4 nitrogen and oxygen atoms in total. The molecule has 0 aliphatic heterocycles. The lowest BCUT2D eigenvalue weighted by molar-refractivity contribution is 0.423. The summed E-state index contributed by atoms with van der Waals surface area (Å²) in [7, 11) is 1.87. The standard InChI is InChI=1S/C15H20ClN3O/c1-4-12(17)9-14-10(2)18-19(3)15(14)20-13-7-5-6-11(16)8-13/h5-8,12H,4,9,17H2,1-3H3. The van der Waals surface area contributed by atoms with E-state index in [1.807, 2.05) is 32.2 Å². The maximum atomic E-state index is 6.06. The van der Waals surface area contributed by atoms with Crippen LogP contribution in [0.15, 0.2) is 24.3 Å². The van der Waals surface area contributed by atoms with E-state index in [0.29, 0.717) is 10.8 Å². The van der Waals surface area contributed by atoms with Crippen LogP contribution in [0.2, 0.25) is 5.02 Å². The third-order valence-corrected chi connectivity index (χ3v) is 3.53. The Morgan fingerprint density at radius 3 is 2.85 bits per heavy atom. The molecule has 0 aliphatic carbocycles. The zero-order valence-electron chi connectivity index (χ0n) is 12.1. The van der Waals surface area contributed by atoms with Crippen molar-refractivity contribution in [2.45, 2.75) is 32.7 Å². The van der Waals surface area contributed by atoms with Gasteiger partial charge in [-0.1, -0.05) is 24.6 Å². The van der Waals surface area contributed by atoms with Gasteiger partial charge in [-0.15, -0.1) is 0 Å². The van der Waals surface area contributed by atoms with Crippen molar-refractivity contribution < 1.29 is 4.74 Å². The van der Waals surface area contributed by atoms with E-state index in [9.17, 15) is 0 Å². The summed E-state index contributed by atoms with van der Waals surface area (Å²) >= 11 is 5.98. The first-order valence-corrected chi connectivity index (χ1v) is 7.10. The number of benzene rings is 1. The first kappa shape index (κ1) is 14.9. The molecule has 1 unspecified atom stereocenters. The molecular formula is C15H20ClN3O. The van der Waals surface area contributed by atoms with Gasteiger partial charge in [-0.2, -0.15) is 5.10 Å². The van der Waals surface area contributed by atoms with Crippen molar-refractivity contribution >= 4 is 11.6 Å². The summed E-state index contributed by atoms with van der Waals surface area (Å²) in [6.45, 7) is 4.05. The molecule has 2 N–H and O–H groups in total. The van der Waals surface area contributed by atoms with Crippen LogP contribution in [-0.4, -0.2) is 15.8 Å². The van der Waals surface area contributed by atoms with Crippen LogP contribution >= 0.6 is 11.6 Å². The van der Waals surface area contributed by atoms with Gasteiger partial charge >= 0.3 is 0 Å². The van der Waals surface area contributed by atoms with Crippen molar-refractivity contribution in [2.75, 3.05) is 0 Å². The molecule has 1 heterocycles. The molecule has 20 heavy (non-hydrogen) atoms. The van der Waals surface area contributed by atoms with E-state index in [1.165, 1.54) is 0 Å². The monoisotopic (exact) mass is 293 g/mol. The zero-order chi connectivity index (χ0) is 14.7. The minimum atomic E-state index is 0.111. The smallest absolute Gasteiger partial charge is 0.221 e. The van der Waals surface area contributed by atoms with Gasteiger partial charge in [0.05, 0.1) is 5.69 Å². The molecule has 2 rings (SSSR count). The van der Waals surface area contributed by atoms with E-state index in [-0.39, 0.29) is 6.04 Å². The predicted molar refractivity (Wildman–Crippen MR) is 81.4 cm³/mol. The lowest BCUT2D eigenvalue weighted by Crippen LogP contribution is -2.21. The second-order valence-electron chi connectivity index (χ2n) is 4.92. The van der Waals surface area contributed by atoms with Crippen molar-refractivity contribution in [2.24, 2.45) is 12.8 Å². The molecule has 0 saturated heterocycles. The minimum Gasteiger partial charge on any atom is -0.439 e. The summed E-state index contributed by atoms with van der Waals surface area (Å²) in [5.74, 6) is 1.43. The van der Waals surface area contributed by atoms with Gasteiger partial charge in [0.2, 0.25) is 5.88 Å². The molecule has 5 heteroatoms. The lowest BCUT2D eigenvalue weighted by atomic mass is 10.1. The van der Waals surface area contributed by atoms with Crippen LogP contribution in [0.1, 0.15) is 24.6 Å². The minimum absolute atomic E-state index is 0.111. The summed E-state index contributed by atoms with van der Waals surface area (Å²) in [5, 5.41) is 5.07. The summed E-state index contributed by atoms with van der Waals surface area (Å²) in [6.07, 6.45) is 1.68. The van der Waals surface area contributed by atoms with Crippen molar-refractivity contribution in [3.8, 4) is 11.6 Å². The second kappa shape index (κ2) is 6.29. The van der Waals surface area contributed by atoms with Crippen LogP contribution in [0.4, 0.5) is 0 Å². The third kappa shape index (κ3) is 3.32. The average molecular weight is 294 g/mol. The fourth-order valence-corrected chi connectivity index (χ4v) is 2.27. The number of aromatic nitrogens is 2. The number of nitrogens with zero attached hydrogens (tertiary/aromatic N) is 2. The highest BCUT2D eigenvalue weighted by Gasteiger charge is 2.17. The Morgan fingerprint density at radius 2 is 2.20 bits per heavy atom. The molecule has 0 fully saturated rings. The van der Waals surface area contributed by atoms with Crippen LogP contribution < -0.4 is 10.5 Å². The highest BCUT2D eigenvalue weighted by Crippen LogP contribution is 2.29. The van der Waals surface area contributed by atoms with Gasteiger partial charge in [0, 0.05) is 23.7 Å². The summed E-state index contributed by atoms with van der Waals surface area (Å²) in [4.78, 5) is 0. The Morgan fingerprint density at radius 1 is 1.45 bits per heavy atom. The van der Waals surface area contributed by atoms with Gasteiger partial charge in [0.25, 0.3) is 0 Å². The van der Waals surface area contributed by atoms with Crippen molar-refractivity contribution in [3.63, 3.8) is 0 Å². The van der Waals surface area contributed by atoms with Gasteiger partial charge in [-0.3, -0.25) is 0 Å². The SMILES string of the molecule is CCC(N)Cc1c(C)nn(C)c1Oc1cccc(Cl)c1. The molecule has 0 bridgehead atoms. The van der Waals surface area contributed by atoms with Gasteiger partial charge in [0.15, 0.2) is 0 Å². The van der Waals surface area contributed by atoms with E-state index >= 15 is 0 Å². The normalized spacial score (nSPS) is 12.4. The number of halogens is 1. The quantitative estimate of drug-likeness (QED) is 0.918. The van der Waals surface area contributed by atoms with Crippen LogP contribution in [0.25, 0.3) is 0 Å². The summed E-state index contributed by atoms with van der Waals surface area (Å²) in [6, 6.07) is 7.44. The molecule has 0 amide bonds. The molecule has 0 spiro atoms.